The number of ether oxygens (including phenoxy) is 2. The number of methoxy groups -OCH3 is 1. The Morgan fingerprint density at radius 2 is 1.94 bits per heavy atom. The molecule has 0 atom stereocenters. The van der Waals surface area contributed by atoms with Crippen molar-refractivity contribution in [1.82, 2.24) is 9.38 Å². The first-order valence-corrected chi connectivity index (χ1v) is 11.5. The van der Waals surface area contributed by atoms with Crippen LogP contribution in [0, 0.1) is 6.92 Å². The molecule has 0 saturated heterocycles. The fraction of sp³-hybridized carbons (Fsp3) is 0.240. The van der Waals surface area contributed by atoms with Crippen LogP contribution in [0.2, 0.25) is 0 Å². The Morgan fingerprint density at radius 1 is 1.15 bits per heavy atom. The SMILES string of the molecule is CCOC(=O)c1c(-c2ccc(OC)cc2)csc1NC(=O)CCc1c(C)nc2ccccn12. The van der Waals surface area contributed by atoms with Crippen LogP contribution in [0.15, 0.2) is 54.0 Å². The minimum Gasteiger partial charge on any atom is -0.497 e. The van der Waals surface area contributed by atoms with Crippen LogP contribution in [0.1, 0.15) is 35.1 Å². The highest BCUT2D eigenvalue weighted by molar-refractivity contribution is 7.15. The number of rotatable bonds is 8. The second kappa shape index (κ2) is 9.87. The summed E-state index contributed by atoms with van der Waals surface area (Å²) in [6.45, 7) is 3.95. The van der Waals surface area contributed by atoms with Crippen LogP contribution < -0.4 is 10.1 Å². The average molecular weight is 464 g/mol. The number of carbonyl (C=O) groups is 2. The lowest BCUT2D eigenvalue weighted by Crippen LogP contribution is -2.15. The Hall–Kier alpha value is -3.65. The number of hydrogen-bond acceptors (Lipinski definition) is 6. The first-order chi connectivity index (χ1) is 16.0. The molecule has 33 heavy (non-hydrogen) atoms. The molecule has 0 bridgehead atoms. The summed E-state index contributed by atoms with van der Waals surface area (Å²) in [4.78, 5) is 30.1. The second-order valence-electron chi connectivity index (χ2n) is 7.42. The Balaban J connectivity index is 1.55. The number of aryl methyl sites for hydroxylation is 2. The zero-order valence-electron chi connectivity index (χ0n) is 18.8. The van der Waals surface area contributed by atoms with Gasteiger partial charge in [-0.3, -0.25) is 4.79 Å². The first-order valence-electron chi connectivity index (χ1n) is 10.7. The van der Waals surface area contributed by atoms with Gasteiger partial charge in [0.15, 0.2) is 0 Å². The molecule has 3 aromatic heterocycles. The van der Waals surface area contributed by atoms with Gasteiger partial charge in [0.1, 0.15) is 22.0 Å². The van der Waals surface area contributed by atoms with Crippen molar-refractivity contribution >= 4 is 33.9 Å². The maximum atomic E-state index is 12.8. The third-order valence-electron chi connectivity index (χ3n) is 5.34. The van der Waals surface area contributed by atoms with E-state index in [1.807, 2.05) is 65.4 Å². The highest BCUT2D eigenvalue weighted by Gasteiger charge is 2.23. The summed E-state index contributed by atoms with van der Waals surface area (Å²) >= 11 is 1.31. The number of fused-ring (bicyclic) bond motifs is 1. The van der Waals surface area contributed by atoms with Crippen LogP contribution in [0.5, 0.6) is 5.75 Å². The van der Waals surface area contributed by atoms with Crippen molar-refractivity contribution in [2.45, 2.75) is 26.7 Å². The molecule has 1 aromatic carbocycles. The van der Waals surface area contributed by atoms with E-state index in [0.717, 1.165) is 28.3 Å². The molecule has 0 aliphatic heterocycles. The monoisotopic (exact) mass is 463 g/mol. The van der Waals surface area contributed by atoms with Gasteiger partial charge in [-0.25, -0.2) is 9.78 Å². The molecule has 1 amide bonds. The summed E-state index contributed by atoms with van der Waals surface area (Å²) in [5.74, 6) is 0.0920. The molecule has 7 nitrogen and oxygen atoms in total. The van der Waals surface area contributed by atoms with Gasteiger partial charge in [-0.05, 0) is 50.1 Å². The lowest BCUT2D eigenvalue weighted by atomic mass is 10.0. The van der Waals surface area contributed by atoms with Gasteiger partial charge >= 0.3 is 5.97 Å². The lowest BCUT2D eigenvalue weighted by Gasteiger charge is -2.09. The Labute approximate surface area is 196 Å². The highest BCUT2D eigenvalue weighted by Crippen LogP contribution is 2.37. The maximum absolute atomic E-state index is 12.8. The van der Waals surface area contributed by atoms with Crippen LogP contribution in [0.3, 0.4) is 0 Å². The maximum Gasteiger partial charge on any atom is 0.341 e. The number of nitrogens with zero attached hydrogens (tertiary/aromatic N) is 2. The number of benzene rings is 1. The lowest BCUT2D eigenvalue weighted by molar-refractivity contribution is -0.116. The quantitative estimate of drug-likeness (QED) is 0.367. The molecular weight excluding hydrogens is 438 g/mol. The topological polar surface area (TPSA) is 81.9 Å². The van der Waals surface area contributed by atoms with Gasteiger partial charge in [0.25, 0.3) is 0 Å². The van der Waals surface area contributed by atoms with E-state index >= 15 is 0 Å². The molecule has 0 aliphatic rings. The van der Waals surface area contributed by atoms with Gasteiger partial charge in [0.05, 0.1) is 19.4 Å². The number of aromatic nitrogens is 2. The standard InChI is InChI=1S/C25H25N3O4S/c1-4-32-25(30)23-19(17-8-10-18(31-3)11-9-17)15-33-24(23)27-22(29)13-12-20-16(2)26-21-7-5-6-14-28(20)21/h5-11,14-15H,4,12-13H2,1-3H3,(H,27,29). The Bertz CT molecular complexity index is 1290. The van der Waals surface area contributed by atoms with Crippen LogP contribution in [0.25, 0.3) is 16.8 Å². The van der Waals surface area contributed by atoms with E-state index in [4.69, 9.17) is 9.47 Å². The smallest absolute Gasteiger partial charge is 0.341 e. The van der Waals surface area contributed by atoms with Gasteiger partial charge < -0.3 is 19.2 Å². The molecule has 0 spiro atoms. The molecular formula is C25H25N3O4S. The van der Waals surface area contributed by atoms with E-state index in [1.165, 1.54) is 11.3 Å². The molecule has 0 aliphatic carbocycles. The summed E-state index contributed by atoms with van der Waals surface area (Å²) in [6.07, 6.45) is 2.75. The zero-order chi connectivity index (χ0) is 23.4. The van der Waals surface area contributed by atoms with Crippen molar-refractivity contribution < 1.29 is 19.1 Å². The molecule has 4 rings (SSSR count). The molecule has 3 heterocycles. The van der Waals surface area contributed by atoms with Crippen molar-refractivity contribution in [2.24, 2.45) is 0 Å². The fourth-order valence-electron chi connectivity index (χ4n) is 3.73. The number of carbonyl (C=O) groups excluding carboxylic acids is 2. The van der Waals surface area contributed by atoms with Crippen molar-refractivity contribution in [3.05, 3.63) is 71.0 Å². The van der Waals surface area contributed by atoms with E-state index in [9.17, 15) is 9.59 Å². The molecule has 8 heteroatoms. The first kappa shape index (κ1) is 22.5. The third-order valence-corrected chi connectivity index (χ3v) is 6.24. The number of amides is 1. The van der Waals surface area contributed by atoms with E-state index in [-0.39, 0.29) is 18.9 Å². The number of esters is 1. The van der Waals surface area contributed by atoms with Crippen LogP contribution in [0.4, 0.5) is 5.00 Å². The Morgan fingerprint density at radius 3 is 2.67 bits per heavy atom. The molecule has 1 N–H and O–H groups in total. The predicted octanol–water partition coefficient (Wildman–Crippen LogP) is 5.13. The van der Waals surface area contributed by atoms with E-state index < -0.39 is 5.97 Å². The van der Waals surface area contributed by atoms with Crippen molar-refractivity contribution in [2.75, 3.05) is 19.0 Å². The van der Waals surface area contributed by atoms with E-state index in [1.54, 1.807) is 14.0 Å². The van der Waals surface area contributed by atoms with Gasteiger partial charge in [-0.15, -0.1) is 11.3 Å². The highest BCUT2D eigenvalue weighted by atomic mass is 32.1. The van der Waals surface area contributed by atoms with E-state index in [0.29, 0.717) is 22.5 Å². The van der Waals surface area contributed by atoms with Crippen LogP contribution >= 0.6 is 11.3 Å². The van der Waals surface area contributed by atoms with Crippen molar-refractivity contribution in [3.63, 3.8) is 0 Å². The number of hydrogen-bond donors (Lipinski definition) is 1. The van der Waals surface area contributed by atoms with Gasteiger partial charge in [0.2, 0.25) is 5.91 Å². The number of imidazole rings is 1. The summed E-state index contributed by atoms with van der Waals surface area (Å²) in [5.41, 5.74) is 4.69. The largest absolute Gasteiger partial charge is 0.497 e. The summed E-state index contributed by atoms with van der Waals surface area (Å²) in [6, 6.07) is 13.2. The fourth-order valence-corrected chi connectivity index (χ4v) is 4.70. The van der Waals surface area contributed by atoms with Crippen molar-refractivity contribution in [1.29, 1.82) is 0 Å². The zero-order valence-corrected chi connectivity index (χ0v) is 19.6. The normalized spacial score (nSPS) is 10.9. The van der Waals surface area contributed by atoms with Gasteiger partial charge in [0, 0.05) is 29.3 Å². The minimum absolute atomic E-state index is 0.172. The summed E-state index contributed by atoms with van der Waals surface area (Å²) in [7, 11) is 1.60. The third kappa shape index (κ3) is 4.75. The van der Waals surface area contributed by atoms with Gasteiger partial charge in [-0.2, -0.15) is 0 Å². The average Bonchev–Trinajstić information content (AvgIpc) is 3.38. The molecule has 0 saturated carbocycles. The predicted molar refractivity (Wildman–Crippen MR) is 129 cm³/mol. The molecule has 4 aromatic rings. The molecule has 0 radical (unpaired) electrons. The van der Waals surface area contributed by atoms with Crippen LogP contribution in [-0.2, 0) is 16.0 Å². The second-order valence-corrected chi connectivity index (χ2v) is 8.30. The molecule has 0 fully saturated rings. The Kier molecular flexibility index (Phi) is 6.74. The number of thiophene rings is 1. The van der Waals surface area contributed by atoms with Gasteiger partial charge in [-0.1, -0.05) is 18.2 Å². The number of nitrogens with one attached hydrogen (secondary N) is 1. The van der Waals surface area contributed by atoms with Crippen LogP contribution in [-0.4, -0.2) is 35.0 Å². The molecule has 0 unspecified atom stereocenters. The number of anilines is 1. The number of pyridine rings is 1. The van der Waals surface area contributed by atoms with Crippen molar-refractivity contribution in [3.8, 4) is 16.9 Å². The summed E-state index contributed by atoms with van der Waals surface area (Å²) < 4.78 is 12.5. The van der Waals surface area contributed by atoms with E-state index in [2.05, 4.69) is 10.3 Å². The molecule has 170 valence electrons. The minimum atomic E-state index is -0.461. The summed E-state index contributed by atoms with van der Waals surface area (Å²) in [5, 5.41) is 5.26.